The lowest BCUT2D eigenvalue weighted by Gasteiger charge is -2.56. The number of rotatable bonds is 11. The van der Waals surface area contributed by atoms with E-state index in [1.807, 2.05) is 13.8 Å². The monoisotopic (exact) mass is 472 g/mol. The van der Waals surface area contributed by atoms with E-state index >= 15 is 0 Å². The zero-order chi connectivity index (χ0) is 24.1. The Kier molecular flexibility index (Phi) is 7.63. The Morgan fingerprint density at radius 3 is 2.15 bits per heavy atom. The van der Waals surface area contributed by atoms with Crippen molar-refractivity contribution in [1.29, 1.82) is 0 Å². The molecule has 34 heavy (non-hydrogen) atoms. The summed E-state index contributed by atoms with van der Waals surface area (Å²) in [6.45, 7) is 4.05. The van der Waals surface area contributed by atoms with Crippen molar-refractivity contribution in [3.8, 4) is 11.5 Å². The molecule has 0 radical (unpaired) electrons. The maximum absolute atomic E-state index is 12.6. The van der Waals surface area contributed by atoms with E-state index in [9.17, 15) is 14.4 Å². The largest absolute Gasteiger partial charge is 0.490 e. The van der Waals surface area contributed by atoms with Gasteiger partial charge in [-0.15, -0.1) is 0 Å². The van der Waals surface area contributed by atoms with Gasteiger partial charge < -0.3 is 24.8 Å². The van der Waals surface area contributed by atoms with E-state index in [1.165, 1.54) is 19.3 Å². The fourth-order valence-corrected chi connectivity index (χ4v) is 6.60. The van der Waals surface area contributed by atoms with Gasteiger partial charge in [0, 0.05) is 18.2 Å². The Labute approximate surface area is 201 Å². The second-order valence-corrected chi connectivity index (χ2v) is 10.1. The van der Waals surface area contributed by atoms with Gasteiger partial charge in [-0.3, -0.25) is 14.4 Å². The molecule has 2 amide bonds. The summed E-state index contributed by atoms with van der Waals surface area (Å²) in [5.41, 5.74) is 0.637. The minimum Gasteiger partial charge on any atom is -0.490 e. The van der Waals surface area contributed by atoms with Crippen LogP contribution in [0.25, 0.3) is 0 Å². The Morgan fingerprint density at radius 1 is 0.912 bits per heavy atom. The second kappa shape index (κ2) is 10.7. The summed E-state index contributed by atoms with van der Waals surface area (Å²) in [4.78, 5) is 36.8. The van der Waals surface area contributed by atoms with Crippen LogP contribution in [0, 0.1) is 23.2 Å². The SMILES string of the molecule is CCOc1ccc(NC(=O)COC(=O)CNC(=O)CC23CC4CC(CC(C4)C2)C3)cc1OCC. The first kappa shape index (κ1) is 24.4. The summed E-state index contributed by atoms with van der Waals surface area (Å²) in [6.07, 6.45) is 7.93. The number of carbonyl (C=O) groups excluding carboxylic acids is 3. The maximum atomic E-state index is 12.6. The van der Waals surface area contributed by atoms with Gasteiger partial charge in [0.25, 0.3) is 5.91 Å². The van der Waals surface area contributed by atoms with Crippen molar-refractivity contribution in [3.05, 3.63) is 18.2 Å². The fourth-order valence-electron chi connectivity index (χ4n) is 6.60. The average molecular weight is 473 g/mol. The van der Waals surface area contributed by atoms with Crippen molar-refractivity contribution < 1.29 is 28.6 Å². The van der Waals surface area contributed by atoms with E-state index in [0.29, 0.717) is 36.8 Å². The molecule has 4 aliphatic carbocycles. The number of esters is 1. The molecule has 5 rings (SSSR count). The normalized spacial score (nSPS) is 26.6. The summed E-state index contributed by atoms with van der Waals surface area (Å²) >= 11 is 0. The Hall–Kier alpha value is -2.77. The van der Waals surface area contributed by atoms with Crippen LogP contribution in [0.1, 0.15) is 58.8 Å². The van der Waals surface area contributed by atoms with Crippen molar-refractivity contribution in [3.63, 3.8) is 0 Å². The molecule has 0 saturated heterocycles. The molecule has 0 aliphatic heterocycles. The van der Waals surface area contributed by atoms with Crippen LogP contribution in [-0.2, 0) is 19.1 Å². The number of hydrogen-bond donors (Lipinski definition) is 2. The van der Waals surface area contributed by atoms with E-state index < -0.39 is 18.5 Å². The zero-order valence-corrected chi connectivity index (χ0v) is 20.2. The first-order valence-corrected chi connectivity index (χ1v) is 12.5. The maximum Gasteiger partial charge on any atom is 0.325 e. The first-order chi connectivity index (χ1) is 16.4. The summed E-state index contributed by atoms with van der Waals surface area (Å²) in [5.74, 6) is 2.27. The molecule has 4 saturated carbocycles. The first-order valence-electron chi connectivity index (χ1n) is 12.5. The third kappa shape index (κ3) is 6.02. The highest BCUT2D eigenvalue weighted by molar-refractivity contribution is 5.93. The highest BCUT2D eigenvalue weighted by Gasteiger charge is 2.51. The van der Waals surface area contributed by atoms with E-state index in [4.69, 9.17) is 14.2 Å². The number of anilines is 1. The molecular formula is C26H36N2O6. The highest BCUT2D eigenvalue weighted by Crippen LogP contribution is 2.61. The molecule has 8 nitrogen and oxygen atoms in total. The lowest BCUT2D eigenvalue weighted by molar-refractivity contribution is -0.147. The Bertz CT molecular complexity index is 879. The van der Waals surface area contributed by atoms with Crippen molar-refractivity contribution in [1.82, 2.24) is 5.32 Å². The zero-order valence-electron chi connectivity index (χ0n) is 20.2. The highest BCUT2D eigenvalue weighted by atomic mass is 16.5. The van der Waals surface area contributed by atoms with Gasteiger partial charge in [-0.05, 0) is 87.7 Å². The standard InChI is InChI=1S/C26H36N2O6/c1-3-32-21-6-5-20(10-22(21)33-4-2)28-24(30)16-34-25(31)15-27-23(29)14-26-11-17-7-18(12-26)9-19(8-17)13-26/h5-6,10,17-19H,3-4,7-9,11-16H2,1-2H3,(H,27,29)(H,28,30). The molecule has 8 heteroatoms. The molecule has 0 unspecified atom stereocenters. The summed E-state index contributed by atoms with van der Waals surface area (Å²) in [6, 6.07) is 5.08. The smallest absolute Gasteiger partial charge is 0.325 e. The van der Waals surface area contributed by atoms with Crippen molar-refractivity contribution in [2.24, 2.45) is 23.2 Å². The Balaban J connectivity index is 1.18. The lowest BCUT2D eigenvalue weighted by atomic mass is 9.49. The van der Waals surface area contributed by atoms with Crippen LogP contribution in [0.4, 0.5) is 5.69 Å². The molecule has 4 aliphatic rings. The van der Waals surface area contributed by atoms with Crippen LogP contribution in [-0.4, -0.2) is 44.1 Å². The van der Waals surface area contributed by atoms with E-state index in [2.05, 4.69) is 10.6 Å². The van der Waals surface area contributed by atoms with Gasteiger partial charge in [-0.25, -0.2) is 0 Å². The van der Waals surface area contributed by atoms with Crippen LogP contribution in [0.5, 0.6) is 11.5 Å². The number of amides is 2. The molecule has 1 aromatic carbocycles. The number of ether oxygens (including phenoxy) is 3. The minimum absolute atomic E-state index is 0.0961. The molecule has 4 fully saturated rings. The van der Waals surface area contributed by atoms with E-state index in [-0.39, 0.29) is 17.9 Å². The fraction of sp³-hybridized carbons (Fsp3) is 0.654. The predicted molar refractivity (Wildman–Crippen MR) is 127 cm³/mol. The molecule has 1 aromatic rings. The summed E-state index contributed by atoms with van der Waals surface area (Å²) in [7, 11) is 0. The predicted octanol–water partition coefficient (Wildman–Crippen LogP) is 3.69. The average Bonchev–Trinajstić information content (AvgIpc) is 2.77. The molecule has 4 bridgehead atoms. The molecule has 2 N–H and O–H groups in total. The van der Waals surface area contributed by atoms with Gasteiger partial charge in [-0.1, -0.05) is 0 Å². The summed E-state index contributed by atoms with van der Waals surface area (Å²) in [5, 5.41) is 5.37. The van der Waals surface area contributed by atoms with E-state index in [0.717, 1.165) is 37.0 Å². The molecule has 0 aromatic heterocycles. The van der Waals surface area contributed by atoms with Gasteiger partial charge in [-0.2, -0.15) is 0 Å². The van der Waals surface area contributed by atoms with Gasteiger partial charge in [0.1, 0.15) is 6.54 Å². The number of hydrogen-bond acceptors (Lipinski definition) is 6. The molecule has 186 valence electrons. The van der Waals surface area contributed by atoms with Crippen molar-refractivity contribution in [2.45, 2.75) is 58.8 Å². The number of carbonyl (C=O) groups is 3. The molecule has 0 heterocycles. The van der Waals surface area contributed by atoms with E-state index in [1.54, 1.807) is 18.2 Å². The lowest BCUT2D eigenvalue weighted by Crippen LogP contribution is -2.48. The van der Waals surface area contributed by atoms with Crippen molar-refractivity contribution in [2.75, 3.05) is 31.7 Å². The molecule has 0 spiro atoms. The minimum atomic E-state index is -0.629. The van der Waals surface area contributed by atoms with Crippen LogP contribution < -0.4 is 20.1 Å². The number of nitrogens with one attached hydrogen (secondary N) is 2. The third-order valence-electron chi connectivity index (χ3n) is 7.32. The molecule has 0 atom stereocenters. The van der Waals surface area contributed by atoms with Crippen LogP contribution >= 0.6 is 0 Å². The Morgan fingerprint density at radius 2 is 1.53 bits per heavy atom. The molecular weight excluding hydrogens is 436 g/mol. The number of benzene rings is 1. The van der Waals surface area contributed by atoms with Gasteiger partial charge in [0.05, 0.1) is 13.2 Å². The summed E-state index contributed by atoms with van der Waals surface area (Å²) < 4.78 is 16.1. The van der Waals surface area contributed by atoms with Gasteiger partial charge in [0.15, 0.2) is 18.1 Å². The topological polar surface area (TPSA) is 103 Å². The van der Waals surface area contributed by atoms with Gasteiger partial charge in [0.2, 0.25) is 5.91 Å². The third-order valence-corrected chi connectivity index (χ3v) is 7.32. The quantitative estimate of drug-likeness (QED) is 0.476. The van der Waals surface area contributed by atoms with Crippen LogP contribution in [0.15, 0.2) is 18.2 Å². The van der Waals surface area contributed by atoms with Crippen LogP contribution in [0.2, 0.25) is 0 Å². The van der Waals surface area contributed by atoms with Crippen molar-refractivity contribution >= 4 is 23.5 Å². The van der Waals surface area contributed by atoms with Gasteiger partial charge >= 0.3 is 5.97 Å². The second-order valence-electron chi connectivity index (χ2n) is 10.1. The van der Waals surface area contributed by atoms with Crippen LogP contribution in [0.3, 0.4) is 0 Å².